The Morgan fingerprint density at radius 3 is 1.88 bits per heavy atom. The van der Waals surface area contributed by atoms with Crippen LogP contribution < -0.4 is 0 Å². The Hall–Kier alpha value is -4.18. The number of fused-ring (bicyclic) bond motifs is 2. The van der Waals surface area contributed by atoms with Crippen molar-refractivity contribution in [2.75, 3.05) is 0 Å². The fourth-order valence-electron chi connectivity index (χ4n) is 4.67. The van der Waals surface area contributed by atoms with Gasteiger partial charge in [0.15, 0.2) is 0 Å². The molecule has 4 heteroatoms. The second-order valence-electron chi connectivity index (χ2n) is 8.83. The van der Waals surface area contributed by atoms with Crippen molar-refractivity contribution < 1.29 is 4.49 Å². The van der Waals surface area contributed by atoms with Crippen molar-refractivity contribution >= 4 is 36.1 Å². The van der Waals surface area contributed by atoms with Crippen LogP contribution in [0.5, 0.6) is 0 Å². The number of nitrogens with one attached hydrogen (secondary N) is 1. The van der Waals surface area contributed by atoms with E-state index in [0.717, 1.165) is 56.1 Å². The SMILES string of the molecule is [B][N+]1=C(c2ccc(C)cc2)c2ccccc2/C1=N/c1[nH]c(-c2ccc(C)cc2)c2ccccc12. The molecule has 0 aliphatic carbocycles. The molecule has 2 heterocycles. The number of aryl methyl sites for hydroxylation is 2. The van der Waals surface area contributed by atoms with E-state index in [1.807, 2.05) is 18.2 Å². The molecule has 0 saturated carbocycles. The van der Waals surface area contributed by atoms with Crippen molar-refractivity contribution in [3.63, 3.8) is 0 Å². The number of hydrogen-bond donors (Lipinski definition) is 1. The Morgan fingerprint density at radius 2 is 1.21 bits per heavy atom. The molecule has 0 spiro atoms. The maximum absolute atomic E-state index is 6.72. The van der Waals surface area contributed by atoms with Gasteiger partial charge in [0.05, 0.1) is 16.6 Å². The van der Waals surface area contributed by atoms with Gasteiger partial charge in [-0.15, -0.1) is 0 Å². The second-order valence-corrected chi connectivity index (χ2v) is 8.83. The van der Waals surface area contributed by atoms with Crippen molar-refractivity contribution in [2.45, 2.75) is 13.8 Å². The van der Waals surface area contributed by atoms with Gasteiger partial charge in [0.2, 0.25) is 0 Å². The average molecular weight is 436 g/mol. The van der Waals surface area contributed by atoms with Crippen LogP contribution in [0.2, 0.25) is 0 Å². The molecule has 4 aromatic carbocycles. The summed E-state index contributed by atoms with van der Waals surface area (Å²) in [5.41, 5.74) is 8.80. The highest BCUT2D eigenvalue weighted by molar-refractivity contribution is 6.28. The Bertz CT molecular complexity index is 1600. The summed E-state index contributed by atoms with van der Waals surface area (Å²) in [4.78, 5) is 8.69. The molecule has 2 radical (unpaired) electrons. The Morgan fingerprint density at radius 1 is 0.647 bits per heavy atom. The topological polar surface area (TPSA) is 31.2 Å². The normalized spacial score (nSPS) is 14.2. The fourth-order valence-corrected chi connectivity index (χ4v) is 4.67. The maximum Gasteiger partial charge on any atom is 0.409 e. The van der Waals surface area contributed by atoms with Crippen molar-refractivity contribution in [1.29, 1.82) is 0 Å². The lowest BCUT2D eigenvalue weighted by molar-refractivity contribution is -0.222. The van der Waals surface area contributed by atoms with E-state index in [-0.39, 0.29) is 0 Å². The first-order chi connectivity index (χ1) is 16.6. The zero-order valence-corrected chi connectivity index (χ0v) is 19.2. The average Bonchev–Trinajstić information content (AvgIpc) is 3.36. The van der Waals surface area contributed by atoms with Gasteiger partial charge in [-0.1, -0.05) is 90.0 Å². The highest BCUT2D eigenvalue weighted by Gasteiger charge is 2.33. The van der Waals surface area contributed by atoms with Crippen molar-refractivity contribution in [3.05, 3.63) is 125 Å². The minimum atomic E-state index is 0.730. The van der Waals surface area contributed by atoms with E-state index in [0.29, 0.717) is 0 Å². The lowest BCUT2D eigenvalue weighted by Crippen LogP contribution is -2.19. The van der Waals surface area contributed by atoms with Gasteiger partial charge in [0.1, 0.15) is 5.71 Å². The van der Waals surface area contributed by atoms with Crippen LogP contribution in [0.15, 0.2) is 102 Å². The lowest BCUT2D eigenvalue weighted by atomic mass is 9.99. The first-order valence-electron chi connectivity index (χ1n) is 11.5. The molecule has 0 atom stereocenters. The van der Waals surface area contributed by atoms with E-state index < -0.39 is 0 Å². The summed E-state index contributed by atoms with van der Waals surface area (Å²) in [5, 5.41) is 2.21. The van der Waals surface area contributed by atoms with Crippen LogP contribution in [0, 0.1) is 13.8 Å². The van der Waals surface area contributed by atoms with Crippen molar-refractivity contribution in [2.24, 2.45) is 4.99 Å². The standard InChI is InChI=1S/C30H23BN3/c1-19-11-15-21(16-12-19)27-23-7-3-5-9-25(23)29(32-27)33-30-26-10-6-4-8-24(26)28(34(30)31)22-17-13-20(2)14-18-22/h3-18,32H,1-2H3/q+1. The quantitative estimate of drug-likeness (QED) is 0.314. The third kappa shape index (κ3) is 3.31. The van der Waals surface area contributed by atoms with Gasteiger partial charge in [-0.25, -0.2) is 0 Å². The predicted molar refractivity (Wildman–Crippen MR) is 142 cm³/mol. The first kappa shape index (κ1) is 20.4. The van der Waals surface area contributed by atoms with E-state index in [4.69, 9.17) is 13.0 Å². The molecule has 0 saturated heterocycles. The molecule has 34 heavy (non-hydrogen) atoms. The molecule has 1 aliphatic heterocycles. The van der Waals surface area contributed by atoms with Crippen molar-refractivity contribution in [3.8, 4) is 11.3 Å². The van der Waals surface area contributed by atoms with Crippen LogP contribution >= 0.6 is 0 Å². The molecule has 6 rings (SSSR count). The highest BCUT2D eigenvalue weighted by Crippen LogP contribution is 2.36. The van der Waals surface area contributed by atoms with Crippen LogP contribution in [0.25, 0.3) is 22.0 Å². The van der Waals surface area contributed by atoms with Crippen molar-refractivity contribution in [1.82, 2.24) is 4.98 Å². The van der Waals surface area contributed by atoms with E-state index in [9.17, 15) is 0 Å². The lowest BCUT2D eigenvalue weighted by Gasteiger charge is -2.03. The Balaban J connectivity index is 1.56. The molecule has 0 bridgehead atoms. The molecule has 0 fully saturated rings. The monoisotopic (exact) mass is 436 g/mol. The van der Waals surface area contributed by atoms with E-state index in [2.05, 4.69) is 97.7 Å². The number of H-pyrrole nitrogens is 1. The summed E-state index contributed by atoms with van der Waals surface area (Å²) in [5.74, 6) is 1.53. The second kappa shape index (κ2) is 8.00. The van der Waals surface area contributed by atoms with Gasteiger partial charge in [-0.05, 0) is 42.6 Å². The summed E-state index contributed by atoms with van der Waals surface area (Å²) in [6, 6.07) is 33.6. The van der Waals surface area contributed by atoms with Crippen LogP contribution in [0.1, 0.15) is 27.8 Å². The number of aromatic amines is 1. The summed E-state index contributed by atoms with van der Waals surface area (Å²) >= 11 is 0. The Labute approximate surface area is 200 Å². The third-order valence-corrected chi connectivity index (χ3v) is 6.47. The van der Waals surface area contributed by atoms with E-state index in [1.165, 1.54) is 11.1 Å². The fraction of sp³-hybridized carbons (Fsp3) is 0.0667. The molecule has 3 nitrogen and oxygen atoms in total. The molecular formula is C30H23BN3+. The highest BCUT2D eigenvalue weighted by atomic mass is 15.1. The molecule has 0 unspecified atom stereocenters. The maximum atomic E-state index is 6.72. The number of nitrogens with zero attached hydrogens (tertiary/aromatic N) is 2. The van der Waals surface area contributed by atoms with E-state index in [1.54, 1.807) is 4.49 Å². The minimum absolute atomic E-state index is 0.730. The van der Waals surface area contributed by atoms with Crippen LogP contribution in [0.4, 0.5) is 5.82 Å². The minimum Gasteiger partial charge on any atom is -0.318 e. The zero-order valence-electron chi connectivity index (χ0n) is 19.2. The molecule has 1 N–H and O–H groups in total. The van der Waals surface area contributed by atoms with E-state index >= 15 is 0 Å². The largest absolute Gasteiger partial charge is 0.409 e. The van der Waals surface area contributed by atoms with Crippen LogP contribution in [-0.2, 0) is 0 Å². The number of hydrogen-bond acceptors (Lipinski definition) is 1. The third-order valence-electron chi connectivity index (χ3n) is 6.47. The van der Waals surface area contributed by atoms with Gasteiger partial charge in [-0.3, -0.25) is 4.49 Å². The Kier molecular flexibility index (Phi) is 4.81. The summed E-state index contributed by atoms with van der Waals surface area (Å²) in [6.45, 7) is 4.19. The molecule has 1 aromatic heterocycles. The smallest absolute Gasteiger partial charge is 0.318 e. The van der Waals surface area contributed by atoms with Gasteiger partial charge in [0, 0.05) is 16.5 Å². The first-order valence-corrected chi connectivity index (χ1v) is 11.5. The van der Waals surface area contributed by atoms with Crippen LogP contribution in [-0.4, -0.2) is 29.0 Å². The molecular weight excluding hydrogens is 413 g/mol. The van der Waals surface area contributed by atoms with Gasteiger partial charge >= 0.3 is 13.8 Å². The molecule has 160 valence electrons. The van der Waals surface area contributed by atoms with Gasteiger partial charge in [-0.2, -0.15) is 0 Å². The number of benzene rings is 4. The number of amidine groups is 1. The van der Waals surface area contributed by atoms with Crippen LogP contribution in [0.3, 0.4) is 0 Å². The predicted octanol–water partition coefficient (Wildman–Crippen LogP) is 6.48. The summed E-state index contributed by atoms with van der Waals surface area (Å²) in [7, 11) is 6.72. The zero-order chi connectivity index (χ0) is 23.2. The molecule has 0 amide bonds. The molecule has 1 aliphatic rings. The molecule has 5 aromatic rings. The number of rotatable bonds is 3. The van der Waals surface area contributed by atoms with Gasteiger partial charge < -0.3 is 4.98 Å². The van der Waals surface area contributed by atoms with Gasteiger partial charge in [0.25, 0.3) is 5.82 Å². The summed E-state index contributed by atoms with van der Waals surface area (Å²) in [6.07, 6.45) is 0. The number of aliphatic imine (C=N–C) groups is 1. The number of aromatic nitrogens is 1. The summed E-state index contributed by atoms with van der Waals surface area (Å²) < 4.78 is 1.72.